The average Bonchev–Trinajstić information content (AvgIpc) is 2.51. The minimum absolute atomic E-state index is 0.0429. The van der Waals surface area contributed by atoms with Crippen LogP contribution in [0.4, 0.5) is 4.79 Å². The van der Waals surface area contributed by atoms with Crippen LogP contribution in [0.3, 0.4) is 0 Å². The Morgan fingerprint density at radius 1 is 1.17 bits per heavy atom. The number of rotatable bonds is 8. The summed E-state index contributed by atoms with van der Waals surface area (Å²) in [7, 11) is 1.77. The highest BCUT2D eigenvalue weighted by Crippen LogP contribution is 2.11. The first-order valence-corrected chi connectivity index (χ1v) is 8.10. The number of carboxylic acids is 1. The summed E-state index contributed by atoms with van der Waals surface area (Å²) in [4.78, 5) is 24.9. The Hall–Kier alpha value is -2.04. The molecule has 5 heteroatoms. The Morgan fingerprint density at radius 3 is 2.30 bits per heavy atom. The van der Waals surface area contributed by atoms with Gasteiger partial charge in [0.15, 0.2) is 0 Å². The van der Waals surface area contributed by atoms with Crippen LogP contribution in [0.25, 0.3) is 0 Å². The van der Waals surface area contributed by atoms with Gasteiger partial charge in [0.1, 0.15) is 0 Å². The van der Waals surface area contributed by atoms with Gasteiger partial charge < -0.3 is 15.3 Å². The van der Waals surface area contributed by atoms with E-state index in [9.17, 15) is 9.59 Å². The van der Waals surface area contributed by atoms with Gasteiger partial charge in [0.05, 0.1) is 0 Å². The minimum atomic E-state index is -0.846. The van der Waals surface area contributed by atoms with Crippen LogP contribution >= 0.6 is 0 Å². The maximum atomic E-state index is 12.4. The van der Waals surface area contributed by atoms with Gasteiger partial charge >= 0.3 is 12.0 Å². The van der Waals surface area contributed by atoms with Crippen LogP contribution in [0, 0.1) is 5.92 Å². The molecule has 0 bridgehead atoms. The number of hydrogen-bond acceptors (Lipinski definition) is 2. The molecular formula is C18H28N2O3. The van der Waals surface area contributed by atoms with E-state index in [1.54, 1.807) is 11.9 Å². The van der Waals surface area contributed by atoms with Crippen molar-refractivity contribution in [2.75, 3.05) is 7.05 Å². The fourth-order valence-corrected chi connectivity index (χ4v) is 2.33. The lowest BCUT2D eigenvalue weighted by Gasteiger charge is -2.30. The van der Waals surface area contributed by atoms with E-state index in [0.29, 0.717) is 18.8 Å². The normalized spacial score (nSPS) is 13.4. The maximum Gasteiger partial charge on any atom is 0.317 e. The van der Waals surface area contributed by atoms with Gasteiger partial charge in [0.25, 0.3) is 0 Å². The Kier molecular flexibility index (Phi) is 7.59. The second-order valence-electron chi connectivity index (χ2n) is 6.36. The number of nitrogens with zero attached hydrogens (tertiary/aromatic N) is 1. The molecule has 2 atom stereocenters. The van der Waals surface area contributed by atoms with Crippen LogP contribution in [0.1, 0.15) is 39.2 Å². The number of hydrogen-bond donors (Lipinski definition) is 2. The number of carboxylic acid groups (broad SMARTS) is 1. The van der Waals surface area contributed by atoms with Crippen molar-refractivity contribution in [2.45, 2.75) is 52.1 Å². The molecule has 0 spiro atoms. The third kappa shape index (κ3) is 6.72. The first-order chi connectivity index (χ1) is 10.8. The smallest absolute Gasteiger partial charge is 0.317 e. The lowest BCUT2D eigenvalue weighted by atomic mass is 10.0. The third-order valence-corrected chi connectivity index (χ3v) is 4.26. The summed E-state index contributed by atoms with van der Waals surface area (Å²) in [5, 5.41) is 11.9. The second kappa shape index (κ2) is 9.18. The second-order valence-corrected chi connectivity index (χ2v) is 6.36. The lowest BCUT2D eigenvalue weighted by molar-refractivity contribution is -0.137. The van der Waals surface area contributed by atoms with E-state index in [4.69, 9.17) is 5.11 Å². The molecule has 1 rings (SSSR count). The van der Waals surface area contributed by atoms with Gasteiger partial charge in [-0.05, 0) is 31.2 Å². The molecule has 0 aliphatic rings. The number of carbonyl (C=O) groups excluding carboxylic acids is 1. The van der Waals surface area contributed by atoms with Gasteiger partial charge in [-0.25, -0.2) is 4.79 Å². The van der Waals surface area contributed by atoms with Crippen molar-refractivity contribution >= 4 is 12.0 Å². The first kappa shape index (κ1) is 19.0. The minimum Gasteiger partial charge on any atom is -0.481 e. The molecule has 23 heavy (non-hydrogen) atoms. The predicted octanol–water partition coefficient (Wildman–Crippen LogP) is 3.15. The molecule has 0 aromatic heterocycles. The summed E-state index contributed by atoms with van der Waals surface area (Å²) in [6.45, 7) is 6.15. The van der Waals surface area contributed by atoms with Crippen molar-refractivity contribution in [2.24, 2.45) is 5.92 Å². The van der Waals surface area contributed by atoms with E-state index in [0.717, 1.165) is 5.56 Å². The summed E-state index contributed by atoms with van der Waals surface area (Å²) in [6.07, 6.45) is 1.09. The van der Waals surface area contributed by atoms with Gasteiger partial charge in [-0.15, -0.1) is 0 Å². The Balaban J connectivity index is 2.71. The fraction of sp³-hybridized carbons (Fsp3) is 0.556. The molecule has 0 heterocycles. The molecule has 1 aromatic carbocycles. The number of nitrogens with one attached hydrogen (secondary N) is 1. The van der Waals surface area contributed by atoms with E-state index < -0.39 is 5.97 Å². The standard InChI is InChI=1S/C18H28N2O3/c1-13(2)14(3)20(4)18(23)19-16(10-11-17(21)22)12-15-8-6-5-7-9-15/h5-9,13-14,16H,10-12H2,1-4H3,(H,19,23)(H,21,22). The Morgan fingerprint density at radius 2 is 1.78 bits per heavy atom. The van der Waals surface area contributed by atoms with Crippen LogP contribution < -0.4 is 5.32 Å². The number of carbonyl (C=O) groups is 2. The van der Waals surface area contributed by atoms with Crippen LogP contribution in [0.15, 0.2) is 30.3 Å². The molecule has 1 aromatic rings. The van der Waals surface area contributed by atoms with Crippen molar-refractivity contribution in [1.29, 1.82) is 0 Å². The van der Waals surface area contributed by atoms with Crippen molar-refractivity contribution < 1.29 is 14.7 Å². The molecule has 0 fully saturated rings. The number of urea groups is 1. The highest BCUT2D eigenvalue weighted by Gasteiger charge is 2.21. The Bertz CT molecular complexity index is 502. The average molecular weight is 320 g/mol. The van der Waals surface area contributed by atoms with E-state index in [1.165, 1.54) is 0 Å². The first-order valence-electron chi connectivity index (χ1n) is 8.10. The zero-order chi connectivity index (χ0) is 17.4. The van der Waals surface area contributed by atoms with Gasteiger partial charge in [0, 0.05) is 25.6 Å². The van der Waals surface area contributed by atoms with Gasteiger partial charge in [0.2, 0.25) is 0 Å². The van der Waals surface area contributed by atoms with Crippen molar-refractivity contribution in [1.82, 2.24) is 10.2 Å². The van der Waals surface area contributed by atoms with E-state index in [2.05, 4.69) is 19.2 Å². The molecule has 0 aliphatic heterocycles. The molecule has 2 amide bonds. The van der Waals surface area contributed by atoms with E-state index in [1.807, 2.05) is 37.3 Å². The van der Waals surface area contributed by atoms with Crippen LogP contribution in [0.5, 0.6) is 0 Å². The monoisotopic (exact) mass is 320 g/mol. The molecule has 2 unspecified atom stereocenters. The topological polar surface area (TPSA) is 69.6 Å². The molecule has 0 saturated carbocycles. The molecular weight excluding hydrogens is 292 g/mol. The van der Waals surface area contributed by atoms with Gasteiger partial charge in [-0.1, -0.05) is 44.2 Å². The SMILES string of the molecule is CC(C)C(C)N(C)C(=O)NC(CCC(=O)O)Cc1ccccc1. The highest BCUT2D eigenvalue weighted by molar-refractivity contribution is 5.74. The number of benzene rings is 1. The van der Waals surface area contributed by atoms with Crippen molar-refractivity contribution in [3.63, 3.8) is 0 Å². The summed E-state index contributed by atoms with van der Waals surface area (Å²) < 4.78 is 0. The van der Waals surface area contributed by atoms with E-state index in [-0.39, 0.29) is 24.5 Å². The number of aliphatic carboxylic acids is 1. The molecule has 0 saturated heterocycles. The van der Waals surface area contributed by atoms with Crippen LogP contribution in [-0.2, 0) is 11.2 Å². The zero-order valence-electron chi connectivity index (χ0n) is 14.5. The highest BCUT2D eigenvalue weighted by atomic mass is 16.4. The van der Waals surface area contributed by atoms with Crippen molar-refractivity contribution in [3.8, 4) is 0 Å². The molecule has 0 aliphatic carbocycles. The largest absolute Gasteiger partial charge is 0.481 e. The predicted molar refractivity (Wildman–Crippen MR) is 91.4 cm³/mol. The summed E-state index contributed by atoms with van der Waals surface area (Å²) >= 11 is 0. The Labute approximate surface area is 138 Å². The van der Waals surface area contributed by atoms with Gasteiger partial charge in [-0.2, -0.15) is 0 Å². The summed E-state index contributed by atoms with van der Waals surface area (Å²) in [5.74, 6) is -0.487. The molecule has 0 radical (unpaired) electrons. The molecule has 5 nitrogen and oxygen atoms in total. The van der Waals surface area contributed by atoms with Gasteiger partial charge in [-0.3, -0.25) is 4.79 Å². The summed E-state index contributed by atoms with van der Waals surface area (Å²) in [6, 6.07) is 9.57. The number of amides is 2. The molecule has 128 valence electrons. The maximum absolute atomic E-state index is 12.4. The third-order valence-electron chi connectivity index (χ3n) is 4.26. The fourth-order valence-electron chi connectivity index (χ4n) is 2.33. The van der Waals surface area contributed by atoms with Crippen LogP contribution in [0.2, 0.25) is 0 Å². The quantitative estimate of drug-likeness (QED) is 0.773. The lowest BCUT2D eigenvalue weighted by Crippen LogP contribution is -2.48. The van der Waals surface area contributed by atoms with E-state index >= 15 is 0 Å². The van der Waals surface area contributed by atoms with Crippen LogP contribution in [-0.4, -0.2) is 41.1 Å². The summed E-state index contributed by atoms with van der Waals surface area (Å²) in [5.41, 5.74) is 1.09. The molecule has 2 N–H and O–H groups in total. The zero-order valence-corrected chi connectivity index (χ0v) is 14.5. The van der Waals surface area contributed by atoms with Crippen molar-refractivity contribution in [3.05, 3.63) is 35.9 Å².